The lowest BCUT2D eigenvalue weighted by Crippen LogP contribution is -2.12. The molecule has 0 unspecified atom stereocenters. The maximum absolute atomic E-state index is 12.1. The number of nitrogens with one attached hydrogen (secondary N) is 2. The molecule has 3 aromatic rings. The Balaban J connectivity index is 1.57. The second kappa shape index (κ2) is 8.03. The minimum atomic E-state index is -0.239. The highest BCUT2D eigenvalue weighted by molar-refractivity contribution is 7.13. The summed E-state index contributed by atoms with van der Waals surface area (Å²) in [6.45, 7) is 0. The van der Waals surface area contributed by atoms with Crippen LogP contribution in [0.1, 0.15) is 15.9 Å². The fourth-order valence-corrected chi connectivity index (χ4v) is 2.60. The highest BCUT2D eigenvalue weighted by Crippen LogP contribution is 2.14. The molecule has 0 aliphatic heterocycles. The Bertz CT molecular complexity index is 873. The molecule has 0 saturated carbocycles. The molecular weight excluding hydrogens is 334 g/mol. The predicted molar refractivity (Wildman–Crippen MR) is 101 cm³/mol. The third-order valence-electron chi connectivity index (χ3n) is 3.29. The summed E-state index contributed by atoms with van der Waals surface area (Å²) in [6, 6.07) is 16.2. The van der Waals surface area contributed by atoms with Crippen LogP contribution >= 0.6 is 11.3 Å². The fraction of sp³-hybridized carbons (Fsp3) is 0. The van der Waals surface area contributed by atoms with Crippen LogP contribution in [-0.2, 0) is 4.79 Å². The Morgan fingerprint density at radius 1 is 0.960 bits per heavy atom. The molecule has 2 N–H and O–H groups in total. The quantitative estimate of drug-likeness (QED) is 0.683. The van der Waals surface area contributed by atoms with E-state index in [4.69, 9.17) is 0 Å². The Morgan fingerprint density at radius 3 is 2.40 bits per heavy atom. The molecule has 124 valence electrons. The van der Waals surface area contributed by atoms with Gasteiger partial charge in [-0.1, -0.05) is 30.3 Å². The zero-order chi connectivity index (χ0) is 17.5. The van der Waals surface area contributed by atoms with Crippen molar-refractivity contribution in [1.82, 2.24) is 4.98 Å². The van der Waals surface area contributed by atoms with E-state index in [9.17, 15) is 9.59 Å². The van der Waals surface area contributed by atoms with Crippen molar-refractivity contribution >= 4 is 40.0 Å². The van der Waals surface area contributed by atoms with E-state index >= 15 is 0 Å². The molecule has 6 heteroatoms. The van der Waals surface area contributed by atoms with E-state index in [1.807, 2.05) is 30.3 Å². The maximum Gasteiger partial charge on any atom is 0.257 e. The summed E-state index contributed by atoms with van der Waals surface area (Å²) in [5, 5.41) is 7.80. The van der Waals surface area contributed by atoms with Gasteiger partial charge >= 0.3 is 0 Å². The van der Waals surface area contributed by atoms with Crippen LogP contribution in [0.15, 0.2) is 72.3 Å². The minimum absolute atomic E-state index is 0.233. The minimum Gasteiger partial charge on any atom is -0.323 e. The van der Waals surface area contributed by atoms with Crippen LogP contribution in [0.4, 0.5) is 10.8 Å². The van der Waals surface area contributed by atoms with Crippen LogP contribution < -0.4 is 10.6 Å². The maximum atomic E-state index is 12.1. The van der Waals surface area contributed by atoms with Gasteiger partial charge in [0.05, 0.1) is 0 Å². The van der Waals surface area contributed by atoms with Crippen molar-refractivity contribution in [2.45, 2.75) is 0 Å². The first kappa shape index (κ1) is 16.6. The second-order valence-corrected chi connectivity index (χ2v) is 6.00. The largest absolute Gasteiger partial charge is 0.323 e. The van der Waals surface area contributed by atoms with Gasteiger partial charge in [-0.05, 0) is 35.9 Å². The summed E-state index contributed by atoms with van der Waals surface area (Å²) in [7, 11) is 0. The van der Waals surface area contributed by atoms with Gasteiger partial charge in [-0.25, -0.2) is 4.98 Å². The van der Waals surface area contributed by atoms with Crippen molar-refractivity contribution in [3.05, 3.63) is 83.4 Å². The molecule has 0 aliphatic rings. The molecule has 0 bridgehead atoms. The molecule has 0 fully saturated rings. The summed E-state index contributed by atoms with van der Waals surface area (Å²) < 4.78 is 0. The van der Waals surface area contributed by atoms with E-state index in [-0.39, 0.29) is 11.8 Å². The van der Waals surface area contributed by atoms with Crippen molar-refractivity contribution in [3.63, 3.8) is 0 Å². The number of carbonyl (C=O) groups excluding carboxylic acids is 2. The predicted octanol–water partition coefficient (Wildman–Crippen LogP) is 4.05. The topological polar surface area (TPSA) is 71.1 Å². The van der Waals surface area contributed by atoms with Crippen LogP contribution in [0.25, 0.3) is 6.08 Å². The number of rotatable bonds is 5. The molecule has 2 aromatic carbocycles. The van der Waals surface area contributed by atoms with E-state index in [0.717, 1.165) is 5.56 Å². The van der Waals surface area contributed by atoms with Crippen LogP contribution in [-0.4, -0.2) is 16.8 Å². The first-order valence-electron chi connectivity index (χ1n) is 7.56. The van der Waals surface area contributed by atoms with Crippen molar-refractivity contribution < 1.29 is 9.59 Å². The van der Waals surface area contributed by atoms with Gasteiger partial charge in [-0.3, -0.25) is 14.9 Å². The molecule has 0 atom stereocenters. The summed E-state index contributed by atoms with van der Waals surface area (Å²) in [6.07, 6.45) is 4.84. The van der Waals surface area contributed by atoms with Gasteiger partial charge in [0.2, 0.25) is 5.91 Å². The average molecular weight is 349 g/mol. The summed E-state index contributed by atoms with van der Waals surface area (Å²) >= 11 is 1.35. The van der Waals surface area contributed by atoms with Gasteiger partial charge in [0, 0.05) is 28.9 Å². The van der Waals surface area contributed by atoms with E-state index in [0.29, 0.717) is 16.4 Å². The van der Waals surface area contributed by atoms with Crippen molar-refractivity contribution in [1.29, 1.82) is 0 Å². The molecule has 0 radical (unpaired) electrons. The molecule has 0 aliphatic carbocycles. The summed E-state index contributed by atoms with van der Waals surface area (Å²) in [5.74, 6) is -0.472. The smallest absolute Gasteiger partial charge is 0.257 e. The molecule has 1 aromatic heterocycles. The molecule has 25 heavy (non-hydrogen) atoms. The zero-order valence-corrected chi connectivity index (χ0v) is 14.0. The fourth-order valence-electron chi connectivity index (χ4n) is 2.08. The normalized spacial score (nSPS) is 10.6. The summed E-state index contributed by atoms with van der Waals surface area (Å²) in [5.41, 5.74) is 2.06. The monoisotopic (exact) mass is 349 g/mol. The van der Waals surface area contributed by atoms with Gasteiger partial charge in [-0.15, -0.1) is 11.3 Å². The van der Waals surface area contributed by atoms with Crippen molar-refractivity contribution in [3.8, 4) is 0 Å². The van der Waals surface area contributed by atoms with Gasteiger partial charge in [-0.2, -0.15) is 0 Å². The lowest BCUT2D eigenvalue weighted by atomic mass is 10.2. The molecule has 5 nitrogen and oxygen atoms in total. The SMILES string of the molecule is O=C(/C=C/c1ccccc1)Nc1ccc(C(=O)Nc2nccs2)cc1. The number of anilines is 2. The Labute approximate surface area is 149 Å². The van der Waals surface area contributed by atoms with E-state index in [1.54, 1.807) is 41.9 Å². The number of amides is 2. The van der Waals surface area contributed by atoms with Gasteiger partial charge < -0.3 is 5.32 Å². The Hall–Kier alpha value is -3.25. The van der Waals surface area contributed by atoms with Crippen LogP contribution in [0.2, 0.25) is 0 Å². The van der Waals surface area contributed by atoms with Crippen LogP contribution in [0.5, 0.6) is 0 Å². The van der Waals surface area contributed by atoms with Crippen molar-refractivity contribution in [2.75, 3.05) is 10.6 Å². The standard InChI is InChI=1S/C19H15N3O2S/c23-17(11-6-14-4-2-1-3-5-14)21-16-9-7-15(8-10-16)18(24)22-19-20-12-13-25-19/h1-13H,(H,21,23)(H,20,22,24)/b11-6+. The van der Waals surface area contributed by atoms with Crippen LogP contribution in [0, 0.1) is 0 Å². The third-order valence-corrected chi connectivity index (χ3v) is 3.98. The van der Waals surface area contributed by atoms with Crippen LogP contribution in [0.3, 0.4) is 0 Å². The number of carbonyl (C=O) groups is 2. The van der Waals surface area contributed by atoms with Gasteiger partial charge in [0.15, 0.2) is 5.13 Å². The number of hydrogen-bond donors (Lipinski definition) is 2. The molecule has 1 heterocycles. The zero-order valence-electron chi connectivity index (χ0n) is 13.2. The van der Waals surface area contributed by atoms with E-state index in [2.05, 4.69) is 15.6 Å². The molecule has 2 amide bonds. The lowest BCUT2D eigenvalue weighted by Gasteiger charge is -2.05. The Kier molecular flexibility index (Phi) is 5.33. The first-order valence-corrected chi connectivity index (χ1v) is 8.44. The van der Waals surface area contributed by atoms with E-state index in [1.165, 1.54) is 17.4 Å². The number of aromatic nitrogens is 1. The summed E-state index contributed by atoms with van der Waals surface area (Å²) in [4.78, 5) is 28.0. The third kappa shape index (κ3) is 4.86. The average Bonchev–Trinajstić information content (AvgIpc) is 3.14. The number of nitrogens with zero attached hydrogens (tertiary/aromatic N) is 1. The Morgan fingerprint density at radius 2 is 1.72 bits per heavy atom. The molecular formula is C19H15N3O2S. The highest BCUT2D eigenvalue weighted by Gasteiger charge is 2.07. The molecule has 0 spiro atoms. The van der Waals surface area contributed by atoms with Crippen molar-refractivity contribution in [2.24, 2.45) is 0 Å². The number of benzene rings is 2. The van der Waals surface area contributed by atoms with Gasteiger partial charge in [0.1, 0.15) is 0 Å². The van der Waals surface area contributed by atoms with E-state index < -0.39 is 0 Å². The lowest BCUT2D eigenvalue weighted by molar-refractivity contribution is -0.111. The van der Waals surface area contributed by atoms with Gasteiger partial charge in [0.25, 0.3) is 5.91 Å². The second-order valence-electron chi connectivity index (χ2n) is 5.10. The number of hydrogen-bond acceptors (Lipinski definition) is 4. The molecule has 3 rings (SSSR count). The molecule has 0 saturated heterocycles. The number of thiazole rings is 1. The highest BCUT2D eigenvalue weighted by atomic mass is 32.1. The first-order chi connectivity index (χ1) is 12.2.